The van der Waals surface area contributed by atoms with Crippen LogP contribution >= 0.6 is 11.8 Å². The molecule has 26 heavy (non-hydrogen) atoms. The van der Waals surface area contributed by atoms with E-state index in [1.165, 1.54) is 6.92 Å². The Morgan fingerprint density at radius 3 is 3.04 bits per heavy atom. The SMILES string of the molecule is CC(=O)Nc1cccc(OCCCN2C(=O)CCSC2c2ccco2)c1. The Labute approximate surface area is 156 Å². The number of anilines is 1. The van der Waals surface area contributed by atoms with Crippen LogP contribution in [0.5, 0.6) is 5.75 Å². The van der Waals surface area contributed by atoms with Crippen molar-refractivity contribution >= 4 is 29.3 Å². The Balaban J connectivity index is 1.52. The quantitative estimate of drug-likeness (QED) is 0.749. The molecule has 1 atom stereocenters. The summed E-state index contributed by atoms with van der Waals surface area (Å²) in [6.45, 7) is 2.57. The smallest absolute Gasteiger partial charge is 0.224 e. The molecule has 2 heterocycles. The number of hydrogen-bond donors (Lipinski definition) is 1. The molecule has 3 rings (SSSR count). The summed E-state index contributed by atoms with van der Waals surface area (Å²) in [6, 6.07) is 11.0. The maximum atomic E-state index is 12.3. The highest BCUT2D eigenvalue weighted by Crippen LogP contribution is 2.37. The summed E-state index contributed by atoms with van der Waals surface area (Å²) in [7, 11) is 0. The first-order valence-corrected chi connectivity index (χ1v) is 9.63. The van der Waals surface area contributed by atoms with E-state index in [2.05, 4.69) is 5.32 Å². The standard InChI is InChI=1S/C19H22N2O4S/c1-14(22)20-15-5-2-6-16(13-15)24-11-4-9-21-18(23)8-12-26-19(21)17-7-3-10-25-17/h2-3,5-7,10,13,19H,4,8-9,11-12H2,1H3,(H,20,22). The third-order valence-corrected chi connectivity index (χ3v) is 5.19. The van der Waals surface area contributed by atoms with Gasteiger partial charge in [-0.05, 0) is 30.7 Å². The van der Waals surface area contributed by atoms with E-state index in [4.69, 9.17) is 9.15 Å². The number of carbonyl (C=O) groups excluding carboxylic acids is 2. The van der Waals surface area contributed by atoms with E-state index in [1.54, 1.807) is 24.1 Å². The zero-order chi connectivity index (χ0) is 18.4. The van der Waals surface area contributed by atoms with Crippen LogP contribution < -0.4 is 10.1 Å². The number of thioether (sulfide) groups is 1. The van der Waals surface area contributed by atoms with Crippen LogP contribution in [0.25, 0.3) is 0 Å². The fraction of sp³-hybridized carbons (Fsp3) is 0.368. The molecule has 1 aliphatic heterocycles. The van der Waals surface area contributed by atoms with Crippen LogP contribution in [0.3, 0.4) is 0 Å². The van der Waals surface area contributed by atoms with Crippen molar-refractivity contribution in [1.82, 2.24) is 4.90 Å². The molecule has 1 unspecified atom stereocenters. The van der Waals surface area contributed by atoms with Crippen molar-refractivity contribution in [3.63, 3.8) is 0 Å². The fourth-order valence-corrected chi connectivity index (χ4v) is 4.04. The van der Waals surface area contributed by atoms with Crippen LogP contribution in [0, 0.1) is 0 Å². The first-order valence-electron chi connectivity index (χ1n) is 8.58. The topological polar surface area (TPSA) is 71.8 Å². The molecule has 7 heteroatoms. The maximum absolute atomic E-state index is 12.3. The molecule has 0 aliphatic carbocycles. The lowest BCUT2D eigenvalue weighted by molar-refractivity contribution is -0.132. The maximum Gasteiger partial charge on any atom is 0.224 e. The summed E-state index contributed by atoms with van der Waals surface area (Å²) in [5.74, 6) is 2.35. The molecule has 2 aromatic rings. The molecule has 2 amide bonds. The molecule has 0 bridgehead atoms. The fourth-order valence-electron chi connectivity index (χ4n) is 2.82. The summed E-state index contributed by atoms with van der Waals surface area (Å²) < 4.78 is 11.3. The number of hydrogen-bond acceptors (Lipinski definition) is 5. The number of nitrogens with one attached hydrogen (secondary N) is 1. The monoisotopic (exact) mass is 374 g/mol. The van der Waals surface area contributed by atoms with Gasteiger partial charge in [-0.15, -0.1) is 11.8 Å². The van der Waals surface area contributed by atoms with Crippen LogP contribution in [-0.2, 0) is 9.59 Å². The Morgan fingerprint density at radius 1 is 1.38 bits per heavy atom. The Kier molecular flexibility index (Phi) is 6.22. The van der Waals surface area contributed by atoms with Crippen LogP contribution in [0.1, 0.15) is 30.9 Å². The summed E-state index contributed by atoms with van der Waals surface area (Å²) >= 11 is 1.73. The normalized spacial score (nSPS) is 17.2. The summed E-state index contributed by atoms with van der Waals surface area (Å²) in [4.78, 5) is 25.3. The van der Waals surface area contributed by atoms with Gasteiger partial charge in [-0.3, -0.25) is 9.59 Å². The van der Waals surface area contributed by atoms with Crippen LogP contribution in [0.15, 0.2) is 47.1 Å². The van der Waals surface area contributed by atoms with Crippen molar-refractivity contribution in [3.8, 4) is 5.75 Å². The van der Waals surface area contributed by atoms with Gasteiger partial charge < -0.3 is 19.4 Å². The number of amides is 2. The van der Waals surface area contributed by atoms with Gasteiger partial charge in [0.15, 0.2) is 0 Å². The van der Waals surface area contributed by atoms with E-state index in [0.29, 0.717) is 37.4 Å². The van der Waals surface area contributed by atoms with Gasteiger partial charge >= 0.3 is 0 Å². The first kappa shape index (κ1) is 18.4. The molecule has 138 valence electrons. The highest BCUT2D eigenvalue weighted by Gasteiger charge is 2.31. The van der Waals surface area contributed by atoms with Crippen LogP contribution in [0.2, 0.25) is 0 Å². The molecular weight excluding hydrogens is 352 g/mol. The zero-order valence-electron chi connectivity index (χ0n) is 14.6. The largest absolute Gasteiger partial charge is 0.493 e. The zero-order valence-corrected chi connectivity index (χ0v) is 15.5. The molecule has 1 N–H and O–H groups in total. The molecule has 6 nitrogen and oxygen atoms in total. The number of rotatable bonds is 7. The van der Waals surface area contributed by atoms with Gasteiger partial charge in [-0.2, -0.15) is 0 Å². The molecule has 0 spiro atoms. The molecule has 1 aromatic heterocycles. The third-order valence-electron chi connectivity index (χ3n) is 3.95. The van der Waals surface area contributed by atoms with Crippen LogP contribution in [0.4, 0.5) is 5.69 Å². The average molecular weight is 374 g/mol. The van der Waals surface area contributed by atoms with E-state index >= 15 is 0 Å². The van der Waals surface area contributed by atoms with E-state index in [1.807, 2.05) is 35.2 Å². The van der Waals surface area contributed by atoms with E-state index < -0.39 is 0 Å². The van der Waals surface area contributed by atoms with Gasteiger partial charge in [0, 0.05) is 37.4 Å². The van der Waals surface area contributed by atoms with Crippen molar-refractivity contribution in [2.24, 2.45) is 0 Å². The van der Waals surface area contributed by atoms with Gasteiger partial charge in [-0.1, -0.05) is 6.07 Å². The highest BCUT2D eigenvalue weighted by molar-refractivity contribution is 7.99. The number of nitrogens with zero attached hydrogens (tertiary/aromatic N) is 1. The molecular formula is C19H22N2O4S. The van der Waals surface area contributed by atoms with Crippen LogP contribution in [-0.4, -0.2) is 35.6 Å². The van der Waals surface area contributed by atoms with Gasteiger partial charge in [0.25, 0.3) is 0 Å². The van der Waals surface area contributed by atoms with E-state index in [-0.39, 0.29) is 17.2 Å². The highest BCUT2D eigenvalue weighted by atomic mass is 32.2. The Morgan fingerprint density at radius 2 is 2.27 bits per heavy atom. The minimum atomic E-state index is -0.118. The van der Waals surface area contributed by atoms with Gasteiger partial charge in [-0.25, -0.2) is 0 Å². The van der Waals surface area contributed by atoms with Crippen molar-refractivity contribution in [3.05, 3.63) is 48.4 Å². The predicted molar refractivity (Wildman–Crippen MR) is 101 cm³/mol. The average Bonchev–Trinajstić information content (AvgIpc) is 3.14. The number of carbonyl (C=O) groups is 2. The molecule has 1 aliphatic rings. The second-order valence-electron chi connectivity index (χ2n) is 5.99. The summed E-state index contributed by atoms with van der Waals surface area (Å²) in [5.41, 5.74) is 0.704. The number of furan rings is 1. The van der Waals surface area contributed by atoms with Gasteiger partial charge in [0.05, 0.1) is 12.9 Å². The summed E-state index contributed by atoms with van der Waals surface area (Å²) in [6.07, 6.45) is 2.91. The van der Waals surface area contributed by atoms with Crippen molar-refractivity contribution in [1.29, 1.82) is 0 Å². The first-order chi connectivity index (χ1) is 12.6. The van der Waals surface area contributed by atoms with Crippen molar-refractivity contribution in [2.75, 3.05) is 24.2 Å². The lowest BCUT2D eigenvalue weighted by Gasteiger charge is -2.33. The second-order valence-corrected chi connectivity index (χ2v) is 7.17. The molecule has 1 fully saturated rings. The van der Waals surface area contributed by atoms with E-state index in [0.717, 1.165) is 11.5 Å². The second kappa shape index (κ2) is 8.80. The number of ether oxygens (including phenoxy) is 1. The molecule has 1 saturated heterocycles. The van der Waals surface area contributed by atoms with Crippen molar-refractivity contribution < 1.29 is 18.7 Å². The minimum Gasteiger partial charge on any atom is -0.493 e. The van der Waals surface area contributed by atoms with Crippen molar-refractivity contribution in [2.45, 2.75) is 25.1 Å². The predicted octanol–water partition coefficient (Wildman–Crippen LogP) is 3.67. The van der Waals surface area contributed by atoms with E-state index in [9.17, 15) is 9.59 Å². The lowest BCUT2D eigenvalue weighted by atomic mass is 10.3. The Bertz CT molecular complexity index is 748. The third kappa shape index (κ3) is 4.82. The lowest BCUT2D eigenvalue weighted by Crippen LogP contribution is -2.38. The van der Waals surface area contributed by atoms with Gasteiger partial charge in [0.1, 0.15) is 16.9 Å². The molecule has 0 saturated carbocycles. The number of benzene rings is 1. The van der Waals surface area contributed by atoms with Gasteiger partial charge in [0.2, 0.25) is 11.8 Å². The Hall–Kier alpha value is -2.41. The minimum absolute atomic E-state index is 0.0608. The summed E-state index contributed by atoms with van der Waals surface area (Å²) in [5, 5.41) is 2.67. The molecule has 1 aromatic carbocycles. The molecule has 0 radical (unpaired) electrons.